The molecule has 1 aromatic heterocycles. The number of aryl methyl sites for hydroxylation is 1. The smallest absolute Gasteiger partial charge is 0.280 e. The number of hydrogen-bond donors (Lipinski definition) is 1. The molecule has 0 spiro atoms. The second-order valence-electron chi connectivity index (χ2n) is 6.89. The number of ether oxygens (including phenoxy) is 1. The van der Waals surface area contributed by atoms with Gasteiger partial charge < -0.3 is 4.74 Å². The van der Waals surface area contributed by atoms with Gasteiger partial charge in [-0.25, -0.2) is 4.68 Å². The van der Waals surface area contributed by atoms with Crippen LogP contribution in [0.4, 0.5) is 5.82 Å². The summed E-state index contributed by atoms with van der Waals surface area (Å²) in [6.45, 7) is 7.42. The summed E-state index contributed by atoms with van der Waals surface area (Å²) in [5.41, 5.74) is 0. The van der Waals surface area contributed by atoms with E-state index in [0.717, 1.165) is 6.42 Å². The predicted molar refractivity (Wildman–Crippen MR) is 96.9 cm³/mol. The van der Waals surface area contributed by atoms with E-state index >= 15 is 0 Å². The van der Waals surface area contributed by atoms with Gasteiger partial charge in [0.2, 0.25) is 5.91 Å². The van der Waals surface area contributed by atoms with Gasteiger partial charge in [-0.15, -0.1) is 0 Å². The second-order valence-corrected chi connectivity index (χ2v) is 8.59. The number of carbonyl (C=O) groups excluding carboxylic acids is 1. The molecule has 2 aliphatic heterocycles. The summed E-state index contributed by atoms with van der Waals surface area (Å²) >= 11 is 0. The summed E-state index contributed by atoms with van der Waals surface area (Å²) in [5.74, 6) is 0.472. The average molecular weight is 385 g/mol. The molecule has 2 aliphatic rings. The van der Waals surface area contributed by atoms with E-state index in [1.54, 1.807) is 21.8 Å². The van der Waals surface area contributed by atoms with Crippen LogP contribution in [-0.2, 0) is 26.3 Å². The third-order valence-corrected chi connectivity index (χ3v) is 6.29. The quantitative estimate of drug-likeness (QED) is 0.788. The van der Waals surface area contributed by atoms with Crippen LogP contribution in [0.3, 0.4) is 0 Å². The van der Waals surface area contributed by atoms with E-state index in [9.17, 15) is 13.2 Å². The third-order valence-electron chi connectivity index (χ3n) is 4.73. The highest BCUT2D eigenvalue weighted by Gasteiger charge is 2.37. The lowest BCUT2D eigenvalue weighted by Crippen LogP contribution is -2.58. The highest BCUT2D eigenvalue weighted by Crippen LogP contribution is 2.22. The lowest BCUT2D eigenvalue weighted by Gasteiger charge is -2.37. The van der Waals surface area contributed by atoms with Crippen molar-refractivity contribution in [1.82, 2.24) is 18.8 Å². The van der Waals surface area contributed by atoms with Crippen molar-refractivity contribution in [3.05, 3.63) is 12.3 Å². The number of anilines is 1. The van der Waals surface area contributed by atoms with Gasteiger partial charge >= 0.3 is 0 Å². The van der Waals surface area contributed by atoms with Gasteiger partial charge in [0, 0.05) is 32.2 Å². The third kappa shape index (κ3) is 3.93. The number of amides is 1. The maximum absolute atomic E-state index is 12.9. The van der Waals surface area contributed by atoms with Crippen molar-refractivity contribution >= 4 is 21.9 Å². The number of morpholine rings is 1. The van der Waals surface area contributed by atoms with Crippen LogP contribution in [0.2, 0.25) is 0 Å². The number of rotatable bonds is 5. The fourth-order valence-electron chi connectivity index (χ4n) is 3.59. The molecule has 1 amide bonds. The zero-order valence-electron chi connectivity index (χ0n) is 15.5. The standard InChI is InChI=1S/C16H27N5O4S/c1-4-21-15(7-8-17-21)20-9-5-6-14(16(20)22)18-26(23,24)19-10-12(2)25-13(3)11-19/h7-8,12-14,18H,4-6,9-11H2,1-3H3/t12-,13+,14-/m0/s1. The Morgan fingerprint density at radius 1 is 1.31 bits per heavy atom. The first-order valence-electron chi connectivity index (χ1n) is 9.08. The van der Waals surface area contributed by atoms with Crippen LogP contribution in [0.1, 0.15) is 33.6 Å². The van der Waals surface area contributed by atoms with Crippen molar-refractivity contribution in [2.45, 2.75) is 58.4 Å². The molecular weight excluding hydrogens is 358 g/mol. The van der Waals surface area contributed by atoms with Gasteiger partial charge in [0.05, 0.1) is 18.4 Å². The van der Waals surface area contributed by atoms with E-state index in [-0.39, 0.29) is 31.2 Å². The summed E-state index contributed by atoms with van der Waals surface area (Å²) in [4.78, 5) is 14.5. The zero-order valence-corrected chi connectivity index (χ0v) is 16.3. The molecular formula is C16H27N5O4S. The van der Waals surface area contributed by atoms with Crippen molar-refractivity contribution in [3.63, 3.8) is 0 Å². The Hall–Kier alpha value is -1.49. The molecule has 146 valence electrons. The molecule has 3 atom stereocenters. The van der Waals surface area contributed by atoms with Crippen molar-refractivity contribution in [2.75, 3.05) is 24.5 Å². The van der Waals surface area contributed by atoms with Crippen molar-refractivity contribution in [2.24, 2.45) is 0 Å². The minimum Gasteiger partial charge on any atom is -0.373 e. The molecule has 0 saturated carbocycles. The second kappa shape index (κ2) is 7.63. The monoisotopic (exact) mass is 385 g/mol. The maximum Gasteiger partial charge on any atom is 0.280 e. The number of nitrogens with zero attached hydrogens (tertiary/aromatic N) is 4. The Morgan fingerprint density at radius 3 is 2.65 bits per heavy atom. The number of piperidine rings is 1. The maximum atomic E-state index is 12.9. The molecule has 0 unspecified atom stereocenters. The van der Waals surface area contributed by atoms with Crippen LogP contribution in [0.25, 0.3) is 0 Å². The molecule has 26 heavy (non-hydrogen) atoms. The van der Waals surface area contributed by atoms with Crippen LogP contribution in [-0.4, -0.2) is 66.3 Å². The first-order valence-corrected chi connectivity index (χ1v) is 10.5. The molecule has 3 heterocycles. The SMILES string of the molecule is CCn1nccc1N1CCC[C@H](NS(=O)(=O)N2C[C@@H](C)O[C@@H](C)C2)C1=O. The summed E-state index contributed by atoms with van der Waals surface area (Å²) in [5, 5.41) is 4.20. The minimum absolute atomic E-state index is 0.173. The Morgan fingerprint density at radius 2 is 2.00 bits per heavy atom. The summed E-state index contributed by atoms with van der Waals surface area (Å²) in [6, 6.07) is 1.02. The van der Waals surface area contributed by atoms with Crippen LogP contribution in [0, 0.1) is 0 Å². The highest BCUT2D eigenvalue weighted by molar-refractivity contribution is 7.87. The zero-order chi connectivity index (χ0) is 18.9. The number of nitrogens with one attached hydrogen (secondary N) is 1. The van der Waals surface area contributed by atoms with Gasteiger partial charge in [0.1, 0.15) is 11.9 Å². The lowest BCUT2D eigenvalue weighted by atomic mass is 10.1. The van der Waals surface area contributed by atoms with E-state index in [4.69, 9.17) is 4.74 Å². The molecule has 10 heteroatoms. The average Bonchev–Trinajstić information content (AvgIpc) is 3.04. The molecule has 9 nitrogen and oxygen atoms in total. The van der Waals surface area contributed by atoms with E-state index in [0.29, 0.717) is 25.3 Å². The summed E-state index contributed by atoms with van der Waals surface area (Å²) in [6.07, 6.45) is 2.52. The molecule has 3 rings (SSSR count). The number of aromatic nitrogens is 2. The highest BCUT2D eigenvalue weighted by atomic mass is 32.2. The predicted octanol–water partition coefficient (Wildman–Crippen LogP) is 0.342. The van der Waals surface area contributed by atoms with Crippen molar-refractivity contribution < 1.29 is 17.9 Å². The van der Waals surface area contributed by atoms with Crippen LogP contribution in [0.5, 0.6) is 0 Å². The topological polar surface area (TPSA) is 96.8 Å². The Balaban J connectivity index is 1.73. The van der Waals surface area contributed by atoms with Crippen molar-refractivity contribution in [1.29, 1.82) is 0 Å². The fourth-order valence-corrected chi connectivity index (χ4v) is 5.13. The number of hydrogen-bond acceptors (Lipinski definition) is 5. The molecule has 2 fully saturated rings. The van der Waals surface area contributed by atoms with E-state index < -0.39 is 16.3 Å². The molecule has 2 saturated heterocycles. The lowest BCUT2D eigenvalue weighted by molar-refractivity contribution is -0.121. The van der Waals surface area contributed by atoms with Crippen LogP contribution >= 0.6 is 0 Å². The molecule has 0 aromatic carbocycles. The van der Waals surface area contributed by atoms with E-state index in [2.05, 4.69) is 9.82 Å². The largest absolute Gasteiger partial charge is 0.373 e. The Labute approximate surface area is 154 Å². The summed E-state index contributed by atoms with van der Waals surface area (Å²) in [7, 11) is -3.76. The first-order chi connectivity index (χ1) is 12.3. The van der Waals surface area contributed by atoms with Crippen molar-refractivity contribution in [3.8, 4) is 0 Å². The Bertz CT molecular complexity index is 740. The first kappa shape index (κ1) is 19.3. The van der Waals surface area contributed by atoms with Gasteiger partial charge in [-0.2, -0.15) is 22.5 Å². The van der Waals surface area contributed by atoms with Crippen LogP contribution in [0.15, 0.2) is 12.3 Å². The van der Waals surface area contributed by atoms with Gasteiger partial charge in [-0.1, -0.05) is 0 Å². The molecule has 0 aliphatic carbocycles. The van der Waals surface area contributed by atoms with Gasteiger partial charge in [-0.05, 0) is 33.6 Å². The normalized spacial score (nSPS) is 28.5. The minimum atomic E-state index is -3.76. The number of carbonyl (C=O) groups is 1. The fraction of sp³-hybridized carbons (Fsp3) is 0.750. The van der Waals surface area contributed by atoms with Gasteiger partial charge in [-0.3, -0.25) is 9.69 Å². The van der Waals surface area contributed by atoms with E-state index in [1.165, 1.54) is 4.31 Å². The Kier molecular flexibility index (Phi) is 5.66. The molecule has 0 bridgehead atoms. The molecule has 1 aromatic rings. The molecule has 0 radical (unpaired) electrons. The summed E-state index contributed by atoms with van der Waals surface area (Å²) < 4.78 is 36.9. The van der Waals surface area contributed by atoms with E-state index in [1.807, 2.05) is 20.8 Å². The van der Waals surface area contributed by atoms with Crippen LogP contribution < -0.4 is 9.62 Å². The van der Waals surface area contributed by atoms with Gasteiger partial charge in [0.15, 0.2) is 0 Å². The van der Waals surface area contributed by atoms with Gasteiger partial charge in [0.25, 0.3) is 10.2 Å². The molecule has 1 N–H and O–H groups in total.